The fourth-order valence-corrected chi connectivity index (χ4v) is 2.67. The van der Waals surface area contributed by atoms with Crippen LogP contribution in [-0.2, 0) is 12.6 Å². The van der Waals surface area contributed by atoms with Gasteiger partial charge in [0.2, 0.25) is 0 Å². The van der Waals surface area contributed by atoms with Crippen molar-refractivity contribution in [2.45, 2.75) is 19.5 Å². The Balaban J connectivity index is 1.72. The Morgan fingerprint density at radius 3 is 2.70 bits per heavy atom. The van der Waals surface area contributed by atoms with Crippen molar-refractivity contribution < 1.29 is 18.0 Å². The summed E-state index contributed by atoms with van der Waals surface area (Å²) in [7, 11) is 0. The van der Waals surface area contributed by atoms with E-state index in [9.17, 15) is 18.0 Å². The van der Waals surface area contributed by atoms with E-state index in [0.29, 0.717) is 24.2 Å². The molecule has 5 nitrogen and oxygen atoms in total. The number of hydrogen-bond acceptors (Lipinski definition) is 3. The van der Waals surface area contributed by atoms with Crippen LogP contribution in [-0.4, -0.2) is 27.2 Å². The van der Waals surface area contributed by atoms with E-state index in [1.165, 1.54) is 23.0 Å². The highest BCUT2D eigenvalue weighted by molar-refractivity contribution is 5.95. The SMILES string of the molecule is Cc1c(C(=O)NCCc2cccnc2)cnn1-c1cccc(C(F)(F)F)c1. The molecule has 1 amide bonds. The Hall–Kier alpha value is -3.16. The number of nitrogens with zero attached hydrogens (tertiary/aromatic N) is 3. The highest BCUT2D eigenvalue weighted by Crippen LogP contribution is 2.30. The minimum Gasteiger partial charge on any atom is -0.352 e. The van der Waals surface area contributed by atoms with Gasteiger partial charge in [-0.1, -0.05) is 12.1 Å². The van der Waals surface area contributed by atoms with Gasteiger partial charge in [-0.25, -0.2) is 4.68 Å². The number of carbonyl (C=O) groups excluding carboxylic acids is 1. The summed E-state index contributed by atoms with van der Waals surface area (Å²) in [5.41, 5.74) is 1.26. The maximum atomic E-state index is 12.9. The molecule has 27 heavy (non-hydrogen) atoms. The van der Waals surface area contributed by atoms with Gasteiger partial charge in [0.25, 0.3) is 5.91 Å². The number of aromatic nitrogens is 3. The summed E-state index contributed by atoms with van der Waals surface area (Å²) in [6.45, 7) is 2.06. The summed E-state index contributed by atoms with van der Waals surface area (Å²) in [6.07, 6.45) is 0.940. The predicted molar refractivity (Wildman–Crippen MR) is 93.6 cm³/mol. The van der Waals surface area contributed by atoms with E-state index in [2.05, 4.69) is 15.4 Å². The van der Waals surface area contributed by atoms with Gasteiger partial charge in [0.1, 0.15) is 0 Å². The number of alkyl halides is 3. The van der Waals surface area contributed by atoms with Gasteiger partial charge in [0, 0.05) is 18.9 Å². The van der Waals surface area contributed by atoms with Crippen molar-refractivity contribution in [1.29, 1.82) is 0 Å². The molecule has 0 spiro atoms. The molecule has 140 valence electrons. The zero-order valence-corrected chi connectivity index (χ0v) is 14.5. The Morgan fingerprint density at radius 2 is 2.00 bits per heavy atom. The van der Waals surface area contributed by atoms with Crippen LogP contribution in [0.1, 0.15) is 27.2 Å². The molecule has 0 aliphatic rings. The van der Waals surface area contributed by atoms with Gasteiger partial charge in [-0.05, 0) is 43.2 Å². The predicted octanol–water partition coefficient (Wildman–Crippen LogP) is 3.57. The standard InChI is InChI=1S/C19H17F3N4O/c1-13-17(18(27)24-9-7-14-4-3-8-23-11-14)12-25-26(13)16-6-2-5-15(10-16)19(20,21)22/h2-6,8,10-12H,7,9H2,1H3,(H,24,27). The van der Waals surface area contributed by atoms with Gasteiger partial charge in [-0.15, -0.1) is 0 Å². The Kier molecular flexibility index (Phi) is 5.25. The second-order valence-electron chi connectivity index (χ2n) is 5.97. The molecule has 2 heterocycles. The zero-order valence-electron chi connectivity index (χ0n) is 14.5. The summed E-state index contributed by atoms with van der Waals surface area (Å²) in [5.74, 6) is -0.324. The Bertz CT molecular complexity index is 936. The van der Waals surface area contributed by atoms with Crippen LogP contribution >= 0.6 is 0 Å². The molecule has 2 aromatic heterocycles. The highest BCUT2D eigenvalue weighted by Gasteiger charge is 2.30. The Labute approximate surface area is 153 Å². The molecular weight excluding hydrogens is 357 g/mol. The second-order valence-corrected chi connectivity index (χ2v) is 5.97. The van der Waals surface area contributed by atoms with E-state index >= 15 is 0 Å². The first-order valence-corrected chi connectivity index (χ1v) is 8.25. The largest absolute Gasteiger partial charge is 0.416 e. The zero-order chi connectivity index (χ0) is 19.4. The summed E-state index contributed by atoms with van der Waals surface area (Å²) in [6, 6.07) is 8.56. The third kappa shape index (κ3) is 4.33. The molecule has 0 bridgehead atoms. The second kappa shape index (κ2) is 7.61. The van der Waals surface area contributed by atoms with Gasteiger partial charge >= 0.3 is 6.18 Å². The monoisotopic (exact) mass is 374 g/mol. The lowest BCUT2D eigenvalue weighted by atomic mass is 10.2. The number of hydrogen-bond donors (Lipinski definition) is 1. The number of halogens is 3. The third-order valence-corrected chi connectivity index (χ3v) is 4.09. The fraction of sp³-hybridized carbons (Fsp3) is 0.211. The first kappa shape index (κ1) is 18.6. The lowest BCUT2D eigenvalue weighted by Crippen LogP contribution is -2.26. The van der Waals surface area contributed by atoms with Crippen LogP contribution in [0.15, 0.2) is 55.0 Å². The minimum atomic E-state index is -4.44. The molecule has 0 aliphatic heterocycles. The average Bonchev–Trinajstić information content (AvgIpc) is 3.03. The third-order valence-electron chi connectivity index (χ3n) is 4.09. The molecule has 0 radical (unpaired) electrons. The quantitative estimate of drug-likeness (QED) is 0.743. The van der Waals surface area contributed by atoms with Crippen molar-refractivity contribution in [3.63, 3.8) is 0 Å². The smallest absolute Gasteiger partial charge is 0.352 e. The van der Waals surface area contributed by atoms with Gasteiger partial charge in [-0.2, -0.15) is 18.3 Å². The molecule has 0 saturated carbocycles. The Morgan fingerprint density at radius 1 is 1.19 bits per heavy atom. The van der Waals surface area contributed by atoms with E-state index in [1.54, 1.807) is 19.3 Å². The maximum absolute atomic E-state index is 12.9. The number of benzene rings is 1. The molecule has 0 saturated heterocycles. The normalized spacial score (nSPS) is 11.4. The molecule has 0 atom stereocenters. The lowest BCUT2D eigenvalue weighted by Gasteiger charge is -2.10. The minimum absolute atomic E-state index is 0.247. The van der Waals surface area contributed by atoms with E-state index in [-0.39, 0.29) is 11.6 Å². The van der Waals surface area contributed by atoms with Crippen LogP contribution in [0.4, 0.5) is 13.2 Å². The molecule has 0 aliphatic carbocycles. The first-order chi connectivity index (χ1) is 12.9. The summed E-state index contributed by atoms with van der Waals surface area (Å²) < 4.78 is 40.0. The van der Waals surface area contributed by atoms with E-state index in [4.69, 9.17) is 0 Å². The van der Waals surface area contributed by atoms with E-state index in [0.717, 1.165) is 17.7 Å². The van der Waals surface area contributed by atoms with Crippen molar-refractivity contribution in [3.05, 3.63) is 77.4 Å². The lowest BCUT2D eigenvalue weighted by molar-refractivity contribution is -0.137. The van der Waals surface area contributed by atoms with Crippen molar-refractivity contribution >= 4 is 5.91 Å². The number of amides is 1. The molecule has 0 unspecified atom stereocenters. The van der Waals surface area contributed by atoms with Crippen LogP contribution < -0.4 is 5.32 Å². The van der Waals surface area contributed by atoms with Gasteiger partial charge in [-0.3, -0.25) is 9.78 Å². The van der Waals surface area contributed by atoms with Crippen molar-refractivity contribution in [2.75, 3.05) is 6.54 Å². The molecule has 0 fully saturated rings. The van der Waals surface area contributed by atoms with Crippen molar-refractivity contribution in [3.8, 4) is 5.69 Å². The molecule has 8 heteroatoms. The topological polar surface area (TPSA) is 59.8 Å². The highest BCUT2D eigenvalue weighted by atomic mass is 19.4. The molecule has 3 rings (SSSR count). The van der Waals surface area contributed by atoms with Crippen molar-refractivity contribution in [1.82, 2.24) is 20.1 Å². The number of nitrogens with one attached hydrogen (secondary N) is 1. The van der Waals surface area contributed by atoms with Crippen LogP contribution in [0.25, 0.3) is 5.69 Å². The molecular formula is C19H17F3N4O. The number of rotatable bonds is 5. The van der Waals surface area contributed by atoms with E-state index < -0.39 is 11.7 Å². The summed E-state index contributed by atoms with van der Waals surface area (Å²) >= 11 is 0. The van der Waals surface area contributed by atoms with Crippen LogP contribution in [0.5, 0.6) is 0 Å². The number of carbonyl (C=O) groups is 1. The van der Waals surface area contributed by atoms with Crippen molar-refractivity contribution in [2.24, 2.45) is 0 Å². The van der Waals surface area contributed by atoms with Crippen LogP contribution in [0.3, 0.4) is 0 Å². The summed E-state index contributed by atoms with van der Waals surface area (Å²) in [5, 5.41) is 6.86. The van der Waals surface area contributed by atoms with Crippen LogP contribution in [0, 0.1) is 6.92 Å². The van der Waals surface area contributed by atoms with Gasteiger partial charge in [0.05, 0.1) is 28.7 Å². The maximum Gasteiger partial charge on any atom is 0.416 e. The fourth-order valence-electron chi connectivity index (χ4n) is 2.67. The first-order valence-electron chi connectivity index (χ1n) is 8.25. The number of pyridine rings is 1. The summed E-state index contributed by atoms with van der Waals surface area (Å²) in [4.78, 5) is 16.4. The average molecular weight is 374 g/mol. The van der Waals surface area contributed by atoms with Crippen LogP contribution in [0.2, 0.25) is 0 Å². The molecule has 3 aromatic rings. The molecule has 1 aromatic carbocycles. The van der Waals surface area contributed by atoms with Gasteiger partial charge in [0.15, 0.2) is 0 Å². The van der Waals surface area contributed by atoms with E-state index in [1.807, 2.05) is 12.1 Å². The molecule has 1 N–H and O–H groups in total. The van der Waals surface area contributed by atoms with Gasteiger partial charge < -0.3 is 5.32 Å².